The molecule has 1 saturated carbocycles. The molecule has 4 rings (SSSR count). The number of ether oxygens (including phenoxy) is 1. The summed E-state index contributed by atoms with van der Waals surface area (Å²) in [7, 11) is 3.67. The zero-order valence-corrected chi connectivity index (χ0v) is 28.0. The number of aryl methyl sites for hydroxylation is 1. The van der Waals surface area contributed by atoms with Crippen molar-refractivity contribution in [3.63, 3.8) is 0 Å². The number of hydrogen-bond donors (Lipinski definition) is 2. The third kappa shape index (κ3) is 8.11. The van der Waals surface area contributed by atoms with E-state index in [0.717, 1.165) is 42.1 Å². The van der Waals surface area contributed by atoms with Crippen LogP contribution in [-0.4, -0.2) is 80.9 Å². The number of aromatic nitrogens is 2. The summed E-state index contributed by atoms with van der Waals surface area (Å²) in [5, 5.41) is 5.61. The predicted molar refractivity (Wildman–Crippen MR) is 167 cm³/mol. The maximum atomic E-state index is 13.4. The van der Waals surface area contributed by atoms with Gasteiger partial charge in [-0.1, -0.05) is 27.7 Å². The van der Waals surface area contributed by atoms with Crippen LogP contribution in [0.3, 0.4) is 0 Å². The number of hydrogen-bond acceptors (Lipinski definition) is 7. The number of nitrogens with zero attached hydrogens (tertiary/aromatic N) is 3. The fourth-order valence-corrected chi connectivity index (χ4v) is 6.35. The molecule has 1 aromatic carbocycles. The van der Waals surface area contributed by atoms with Gasteiger partial charge in [0.15, 0.2) is 5.69 Å². The SMILES string of the molecule is CC.CNCCNC.COc1cc2c(cc1CC(C)C)-n1c(S(=O)(=O)C3CC3)nc(C(=O)N(C)C(C)(C)C)c1CC2. The lowest BCUT2D eigenvalue weighted by Gasteiger charge is -2.32. The lowest BCUT2D eigenvalue weighted by molar-refractivity contribution is 0.0648. The topological polar surface area (TPSA) is 106 Å². The number of sulfone groups is 1. The average Bonchev–Trinajstić information content (AvgIpc) is 3.72. The highest BCUT2D eigenvalue weighted by Gasteiger charge is 2.43. The van der Waals surface area contributed by atoms with E-state index in [1.54, 1.807) is 23.6 Å². The molecule has 2 aromatic rings. The maximum absolute atomic E-state index is 13.4. The summed E-state index contributed by atoms with van der Waals surface area (Å²) >= 11 is 0. The molecule has 0 spiro atoms. The molecule has 0 unspecified atom stereocenters. The van der Waals surface area contributed by atoms with E-state index >= 15 is 0 Å². The van der Waals surface area contributed by atoms with Crippen LogP contribution >= 0.6 is 0 Å². The van der Waals surface area contributed by atoms with Crippen molar-refractivity contribution in [1.29, 1.82) is 0 Å². The Morgan fingerprint density at radius 3 is 2.17 bits per heavy atom. The molecule has 1 aliphatic heterocycles. The van der Waals surface area contributed by atoms with Crippen LogP contribution in [0.1, 0.15) is 88.6 Å². The molecule has 0 saturated heterocycles. The first-order chi connectivity index (χ1) is 19.3. The number of amides is 1. The zero-order valence-electron chi connectivity index (χ0n) is 27.1. The van der Waals surface area contributed by atoms with E-state index in [1.807, 2.05) is 60.8 Å². The molecule has 2 N–H and O–H groups in total. The van der Waals surface area contributed by atoms with Crippen molar-refractivity contribution >= 4 is 15.7 Å². The summed E-state index contributed by atoms with van der Waals surface area (Å²) in [6, 6.07) is 4.05. The molecule has 2 heterocycles. The standard InChI is InChI=1S/C25H35N3O4S.C4H12N2.C2H6/c1-15(2)12-17-13-20-16(14-21(17)32-7)8-11-19-22(23(29)27(6)25(3,4)5)26-24(28(19)20)33(30,31)18-9-10-18;1-5-3-4-6-2;1-2/h13-15,18H,8-12H2,1-7H3;5-6H,3-4H2,1-2H3;1-2H3. The second-order valence-electron chi connectivity index (χ2n) is 11.9. The van der Waals surface area contributed by atoms with Gasteiger partial charge in [-0.05, 0) is 96.1 Å². The summed E-state index contributed by atoms with van der Waals surface area (Å²) in [4.78, 5) is 19.6. The minimum Gasteiger partial charge on any atom is -0.496 e. The van der Waals surface area contributed by atoms with E-state index in [1.165, 1.54) is 0 Å². The first kappa shape index (κ1) is 34.8. The van der Waals surface area contributed by atoms with Gasteiger partial charge >= 0.3 is 0 Å². The number of rotatable bonds is 9. The van der Waals surface area contributed by atoms with Gasteiger partial charge in [-0.2, -0.15) is 0 Å². The minimum absolute atomic E-state index is 0.00673. The van der Waals surface area contributed by atoms with Crippen molar-refractivity contribution in [3.05, 3.63) is 34.6 Å². The first-order valence-electron chi connectivity index (χ1n) is 14.9. The van der Waals surface area contributed by atoms with E-state index in [2.05, 4.69) is 29.5 Å². The lowest BCUT2D eigenvalue weighted by atomic mass is 9.94. The predicted octanol–water partition coefficient (Wildman–Crippen LogP) is 4.44. The molecule has 1 amide bonds. The van der Waals surface area contributed by atoms with Crippen molar-refractivity contribution < 1.29 is 17.9 Å². The van der Waals surface area contributed by atoms with Gasteiger partial charge < -0.3 is 20.3 Å². The molecule has 9 nitrogen and oxygen atoms in total. The Hall–Kier alpha value is -2.43. The Kier molecular flexibility index (Phi) is 12.4. The molecule has 1 aliphatic carbocycles. The zero-order chi connectivity index (χ0) is 31.1. The maximum Gasteiger partial charge on any atom is 0.274 e. The normalized spacial score (nSPS) is 14.2. The van der Waals surface area contributed by atoms with Crippen LogP contribution in [0.15, 0.2) is 17.3 Å². The second-order valence-corrected chi connectivity index (χ2v) is 14.0. The Labute approximate surface area is 248 Å². The van der Waals surface area contributed by atoms with Gasteiger partial charge in [0.05, 0.1) is 23.7 Å². The smallest absolute Gasteiger partial charge is 0.274 e. The van der Waals surface area contributed by atoms with Crippen molar-refractivity contribution in [2.75, 3.05) is 41.3 Å². The van der Waals surface area contributed by atoms with Gasteiger partial charge in [-0.15, -0.1) is 0 Å². The highest BCUT2D eigenvalue weighted by Crippen LogP contribution is 2.40. The number of likely N-dealkylation sites (N-methyl/N-ethyl adjacent to an activating group) is 2. The fraction of sp³-hybridized carbons (Fsp3) is 0.677. The van der Waals surface area contributed by atoms with Gasteiger partial charge in [0.2, 0.25) is 15.0 Å². The molecular weight excluding hydrogens is 538 g/mol. The van der Waals surface area contributed by atoms with Crippen molar-refractivity contribution in [3.8, 4) is 11.4 Å². The molecule has 0 bridgehead atoms. The first-order valence-corrected chi connectivity index (χ1v) is 16.5. The molecule has 41 heavy (non-hydrogen) atoms. The van der Waals surface area contributed by atoms with E-state index in [9.17, 15) is 13.2 Å². The van der Waals surface area contributed by atoms with E-state index in [0.29, 0.717) is 37.3 Å². The summed E-state index contributed by atoms with van der Waals surface area (Å²) in [5.74, 6) is 0.985. The average molecular weight is 592 g/mol. The van der Waals surface area contributed by atoms with Crippen LogP contribution in [0.4, 0.5) is 0 Å². The number of imidazole rings is 1. The van der Waals surface area contributed by atoms with Crippen molar-refractivity contribution in [2.45, 2.75) is 96.5 Å². The number of methoxy groups -OCH3 is 1. The summed E-state index contributed by atoms with van der Waals surface area (Å²) < 4.78 is 34.3. The Balaban J connectivity index is 0.000000654. The van der Waals surface area contributed by atoms with E-state index in [-0.39, 0.29) is 16.8 Å². The van der Waals surface area contributed by atoms with E-state index < -0.39 is 20.6 Å². The molecule has 1 fully saturated rings. The molecule has 0 radical (unpaired) electrons. The molecule has 232 valence electrons. The summed E-state index contributed by atoms with van der Waals surface area (Å²) in [6.45, 7) is 16.2. The number of benzene rings is 1. The van der Waals surface area contributed by atoms with Crippen molar-refractivity contribution in [1.82, 2.24) is 25.1 Å². The van der Waals surface area contributed by atoms with E-state index in [4.69, 9.17) is 4.74 Å². The van der Waals surface area contributed by atoms with Crippen LogP contribution in [0.5, 0.6) is 5.75 Å². The van der Waals surface area contributed by atoms with Crippen molar-refractivity contribution in [2.24, 2.45) is 5.92 Å². The summed E-state index contributed by atoms with van der Waals surface area (Å²) in [5.41, 5.74) is 3.37. The molecular formula is C31H53N5O4S. The van der Waals surface area contributed by atoms with Crippen LogP contribution in [0.25, 0.3) is 5.69 Å². The highest BCUT2D eigenvalue weighted by atomic mass is 32.2. The van der Waals surface area contributed by atoms with Gasteiger partial charge in [-0.25, -0.2) is 13.4 Å². The minimum atomic E-state index is -3.63. The Bertz CT molecular complexity index is 1270. The number of fused-ring (bicyclic) bond motifs is 3. The van der Waals surface area contributed by atoms with Gasteiger partial charge in [0.1, 0.15) is 5.75 Å². The molecule has 1 aromatic heterocycles. The Morgan fingerprint density at radius 1 is 1.12 bits per heavy atom. The Morgan fingerprint density at radius 2 is 1.71 bits per heavy atom. The number of carbonyl (C=O) groups excluding carboxylic acids is 1. The number of nitrogens with one attached hydrogen (secondary N) is 2. The van der Waals surface area contributed by atoms with Gasteiger partial charge in [0.25, 0.3) is 5.91 Å². The lowest BCUT2D eigenvalue weighted by Crippen LogP contribution is -2.43. The third-order valence-corrected chi connectivity index (χ3v) is 9.41. The quantitative estimate of drug-likeness (QED) is 0.416. The monoisotopic (exact) mass is 591 g/mol. The van der Waals surface area contributed by atoms with Gasteiger partial charge in [-0.3, -0.25) is 9.36 Å². The van der Waals surface area contributed by atoms with Crippen LogP contribution in [-0.2, 0) is 29.1 Å². The fourth-order valence-electron chi connectivity index (χ4n) is 4.62. The second kappa shape index (κ2) is 14.6. The largest absolute Gasteiger partial charge is 0.496 e. The molecule has 2 aliphatic rings. The third-order valence-electron chi connectivity index (χ3n) is 7.28. The molecule has 10 heteroatoms. The van der Waals surface area contributed by atoms with Gasteiger partial charge in [0, 0.05) is 25.7 Å². The highest BCUT2D eigenvalue weighted by molar-refractivity contribution is 7.92. The van der Waals surface area contributed by atoms with Crippen LogP contribution in [0.2, 0.25) is 0 Å². The molecule has 0 atom stereocenters. The van der Waals surface area contributed by atoms with Crippen LogP contribution < -0.4 is 15.4 Å². The summed E-state index contributed by atoms with van der Waals surface area (Å²) in [6.07, 6.45) is 3.34. The number of carbonyl (C=O) groups is 1. The van der Waals surface area contributed by atoms with Crippen LogP contribution in [0, 0.1) is 5.92 Å².